The third kappa shape index (κ3) is 8.68. The number of halogens is 1. The van der Waals surface area contributed by atoms with Crippen LogP contribution in [0.4, 0.5) is 0 Å². The van der Waals surface area contributed by atoms with Crippen LogP contribution in [0.25, 0.3) is 10.9 Å². The zero-order valence-corrected chi connectivity index (χ0v) is 25.9. The second kappa shape index (κ2) is 16.6. The van der Waals surface area contributed by atoms with Gasteiger partial charge in [0, 0.05) is 42.8 Å². The molecule has 2 amide bonds. The van der Waals surface area contributed by atoms with Gasteiger partial charge in [0.1, 0.15) is 12.3 Å². The number of nitrogens with one attached hydrogen (secondary N) is 2. The molecule has 3 heterocycles. The molecule has 2 aliphatic heterocycles. The molecule has 0 bridgehead atoms. The molecule has 3 aromatic rings. The minimum absolute atomic E-state index is 0. The number of morpholine rings is 1. The molecule has 1 saturated heterocycles. The van der Waals surface area contributed by atoms with Crippen LogP contribution >= 0.6 is 12.4 Å². The van der Waals surface area contributed by atoms with E-state index in [0.717, 1.165) is 67.8 Å². The van der Waals surface area contributed by atoms with Crippen molar-refractivity contribution >= 4 is 45.7 Å². The molecular weight excluding hydrogens is 598 g/mol. The van der Waals surface area contributed by atoms with E-state index in [1.807, 2.05) is 22.8 Å². The number of sulfonamides is 1. The molecule has 5 rings (SSSR count). The van der Waals surface area contributed by atoms with Crippen LogP contribution in [0.3, 0.4) is 0 Å². The first-order chi connectivity index (χ1) is 20.4. The number of rotatable bonds is 11. The lowest BCUT2D eigenvalue weighted by atomic mass is 10.0. The van der Waals surface area contributed by atoms with E-state index in [4.69, 9.17) is 19.5 Å². The SMILES string of the molecule is COc1ccc(S(=O)(=O)N2CCc3c(n(CC(=O)NCCCCN4CCOCC4)c4ccccc34)C2)cc1.Cl.O=CNO. The number of carbonyl (C=O) groups excluding carboxylic acids is 2. The second-order valence-corrected chi connectivity index (χ2v) is 12.0. The fourth-order valence-corrected chi connectivity index (χ4v) is 6.77. The number of amides is 2. The summed E-state index contributed by atoms with van der Waals surface area (Å²) in [4.78, 5) is 24.4. The third-order valence-corrected chi connectivity index (χ3v) is 9.37. The van der Waals surface area contributed by atoms with Crippen LogP contribution in [-0.4, -0.2) is 92.8 Å². The number of methoxy groups -OCH3 is 1. The molecule has 0 unspecified atom stereocenters. The van der Waals surface area contributed by atoms with Gasteiger partial charge in [0.05, 0.1) is 31.8 Å². The van der Waals surface area contributed by atoms with Crippen molar-refractivity contribution in [2.75, 3.05) is 53.0 Å². The monoisotopic (exact) mass is 637 g/mol. The summed E-state index contributed by atoms with van der Waals surface area (Å²) < 4.78 is 41.0. The van der Waals surface area contributed by atoms with Gasteiger partial charge in [-0.05, 0) is 61.7 Å². The van der Waals surface area contributed by atoms with E-state index in [-0.39, 0.29) is 42.7 Å². The third-order valence-electron chi connectivity index (χ3n) is 7.51. The van der Waals surface area contributed by atoms with E-state index in [0.29, 0.717) is 25.3 Å². The van der Waals surface area contributed by atoms with Crippen molar-refractivity contribution in [3.8, 4) is 5.75 Å². The van der Waals surface area contributed by atoms with Gasteiger partial charge < -0.3 is 19.4 Å². The molecule has 0 atom stereocenters. The van der Waals surface area contributed by atoms with Crippen LogP contribution in [0.1, 0.15) is 24.1 Å². The number of unbranched alkanes of at least 4 members (excludes halogenated alkanes) is 1. The van der Waals surface area contributed by atoms with Gasteiger partial charge in [0.2, 0.25) is 22.3 Å². The van der Waals surface area contributed by atoms with Gasteiger partial charge in [-0.25, -0.2) is 13.9 Å². The van der Waals surface area contributed by atoms with Crippen molar-refractivity contribution in [3.63, 3.8) is 0 Å². The summed E-state index contributed by atoms with van der Waals surface area (Å²) in [6.45, 7) is 5.98. The lowest BCUT2D eigenvalue weighted by Crippen LogP contribution is -2.38. The summed E-state index contributed by atoms with van der Waals surface area (Å²) in [6, 6.07) is 14.5. The quantitative estimate of drug-likeness (QED) is 0.126. The second-order valence-electron chi connectivity index (χ2n) is 10.1. The lowest BCUT2D eigenvalue weighted by molar-refractivity contribution is -0.121. The van der Waals surface area contributed by atoms with Gasteiger partial charge in [-0.15, -0.1) is 12.4 Å². The smallest absolute Gasteiger partial charge is 0.243 e. The highest BCUT2D eigenvalue weighted by molar-refractivity contribution is 7.89. The molecule has 0 aliphatic carbocycles. The van der Waals surface area contributed by atoms with Crippen LogP contribution in [0, 0.1) is 0 Å². The van der Waals surface area contributed by atoms with Gasteiger partial charge in [-0.1, -0.05) is 18.2 Å². The van der Waals surface area contributed by atoms with E-state index in [1.54, 1.807) is 31.4 Å². The first-order valence-electron chi connectivity index (χ1n) is 14.0. The highest BCUT2D eigenvalue weighted by Crippen LogP contribution is 2.33. The number of carbonyl (C=O) groups is 2. The molecule has 12 nitrogen and oxygen atoms in total. The van der Waals surface area contributed by atoms with Crippen LogP contribution in [-0.2, 0) is 43.9 Å². The summed E-state index contributed by atoms with van der Waals surface area (Å²) in [5.74, 6) is 0.548. The fourth-order valence-electron chi connectivity index (χ4n) is 5.37. The number of fused-ring (bicyclic) bond motifs is 3. The predicted molar refractivity (Wildman–Crippen MR) is 164 cm³/mol. The van der Waals surface area contributed by atoms with Crippen molar-refractivity contribution in [2.45, 2.75) is 37.2 Å². The molecule has 0 radical (unpaired) electrons. The first kappa shape index (κ1) is 34.3. The Hall–Kier alpha value is -3.20. The Bertz CT molecular complexity index is 1440. The van der Waals surface area contributed by atoms with Crippen molar-refractivity contribution in [3.05, 3.63) is 59.8 Å². The number of nitrogens with zero attached hydrogens (tertiary/aromatic N) is 3. The van der Waals surface area contributed by atoms with Gasteiger partial charge in [0.25, 0.3) is 0 Å². The number of hydrogen-bond acceptors (Lipinski definition) is 8. The van der Waals surface area contributed by atoms with Crippen LogP contribution in [0.2, 0.25) is 0 Å². The van der Waals surface area contributed by atoms with Crippen molar-refractivity contribution in [1.29, 1.82) is 0 Å². The van der Waals surface area contributed by atoms with Crippen LogP contribution in [0.15, 0.2) is 53.4 Å². The standard InChI is InChI=1S/C28H36N4O5S.CH3NO2.ClH/c1-36-22-8-10-23(11-9-22)38(34,35)31-15-12-25-24-6-2-3-7-26(24)32(27(25)20-31)21-28(33)29-13-4-5-14-30-16-18-37-19-17-30;3-1-2-4;/h2-3,6-11H,4-5,12-21H2,1H3,(H,29,33);1,4H,(H,2,3);1H. The van der Waals surface area contributed by atoms with Crippen molar-refractivity contribution in [1.82, 2.24) is 24.6 Å². The highest BCUT2D eigenvalue weighted by atomic mass is 35.5. The Kier molecular flexibility index (Phi) is 13.2. The minimum Gasteiger partial charge on any atom is -0.497 e. The largest absolute Gasteiger partial charge is 0.497 e. The number of benzene rings is 2. The summed E-state index contributed by atoms with van der Waals surface area (Å²) in [7, 11) is -2.14. The molecule has 0 saturated carbocycles. The van der Waals surface area contributed by atoms with Crippen molar-refractivity contribution in [2.24, 2.45) is 0 Å². The van der Waals surface area contributed by atoms with Gasteiger partial charge >= 0.3 is 0 Å². The Balaban J connectivity index is 0.000000954. The lowest BCUT2D eigenvalue weighted by Gasteiger charge is -2.28. The average Bonchev–Trinajstić information content (AvgIpc) is 3.34. The topological polar surface area (TPSA) is 142 Å². The zero-order valence-electron chi connectivity index (χ0n) is 24.2. The van der Waals surface area contributed by atoms with E-state index in [9.17, 15) is 13.2 Å². The maximum Gasteiger partial charge on any atom is 0.243 e. The normalized spacial score (nSPS) is 15.4. The van der Waals surface area contributed by atoms with Gasteiger partial charge in [-0.2, -0.15) is 4.31 Å². The average molecular weight is 638 g/mol. The molecule has 14 heteroatoms. The first-order valence-corrected chi connectivity index (χ1v) is 15.5. The molecule has 1 fully saturated rings. The highest BCUT2D eigenvalue weighted by Gasteiger charge is 2.32. The molecule has 1 aromatic heterocycles. The summed E-state index contributed by atoms with van der Waals surface area (Å²) in [5, 5.41) is 11.4. The summed E-state index contributed by atoms with van der Waals surface area (Å²) >= 11 is 0. The fraction of sp³-hybridized carbons (Fsp3) is 0.448. The van der Waals surface area contributed by atoms with E-state index in [1.165, 1.54) is 9.79 Å². The van der Waals surface area contributed by atoms with E-state index in [2.05, 4.69) is 16.3 Å². The van der Waals surface area contributed by atoms with E-state index < -0.39 is 10.0 Å². The molecule has 3 N–H and O–H groups in total. The molecular formula is C29H40ClN5O7S. The van der Waals surface area contributed by atoms with Crippen LogP contribution < -0.4 is 15.5 Å². The Morgan fingerprint density at radius 2 is 1.77 bits per heavy atom. The molecule has 2 aliphatic rings. The Morgan fingerprint density at radius 3 is 2.44 bits per heavy atom. The Labute approximate surface area is 258 Å². The number of hydrogen-bond donors (Lipinski definition) is 3. The van der Waals surface area contributed by atoms with Gasteiger partial charge in [-0.3, -0.25) is 19.7 Å². The summed E-state index contributed by atoms with van der Waals surface area (Å²) in [5.41, 5.74) is 4.22. The number of aromatic nitrogens is 1. The maximum atomic E-state index is 13.4. The minimum atomic E-state index is -3.69. The van der Waals surface area contributed by atoms with Gasteiger partial charge in [0.15, 0.2) is 0 Å². The number of ether oxygens (including phenoxy) is 2. The molecule has 43 heavy (non-hydrogen) atoms. The van der Waals surface area contributed by atoms with Crippen molar-refractivity contribution < 1.29 is 32.7 Å². The predicted octanol–water partition coefficient (Wildman–Crippen LogP) is 2.17. The van der Waals surface area contributed by atoms with Crippen LogP contribution in [0.5, 0.6) is 5.75 Å². The maximum absolute atomic E-state index is 13.4. The molecule has 236 valence electrons. The number of hydroxylamine groups is 1. The molecule has 0 spiro atoms. The molecule has 2 aromatic carbocycles. The van der Waals surface area contributed by atoms with E-state index >= 15 is 0 Å². The zero-order chi connectivity index (χ0) is 30.0. The Morgan fingerprint density at radius 1 is 1.07 bits per heavy atom. The number of para-hydroxylation sites is 1. The summed E-state index contributed by atoms with van der Waals surface area (Å²) in [6.07, 6.45) is 2.73.